The number of carbonyl (C=O) groups excluding carboxylic acids is 1. The number of aromatic nitrogens is 1. The zero-order valence-electron chi connectivity index (χ0n) is 15.2. The standard InChI is InChI=1S/C21H13Cl2FN2O3S/c22-14-2-1-3-15(23)13(14)10-28-18-9-19-17(8-16(18)24)26-20(30-19)11-4-6-12(7-5-11)29-21(25)27/h1-9H,10H2,(H2,25,27). The smallest absolute Gasteiger partial charge is 0.409 e. The lowest BCUT2D eigenvalue weighted by molar-refractivity contribution is 0.211. The fourth-order valence-corrected chi connectivity index (χ4v) is 4.25. The number of hydrogen-bond acceptors (Lipinski definition) is 5. The molecule has 9 heteroatoms. The molecule has 1 heterocycles. The number of nitrogens with zero attached hydrogens (tertiary/aromatic N) is 1. The highest BCUT2D eigenvalue weighted by Crippen LogP contribution is 2.35. The lowest BCUT2D eigenvalue weighted by atomic mass is 10.2. The van der Waals surface area contributed by atoms with Gasteiger partial charge >= 0.3 is 6.09 Å². The van der Waals surface area contributed by atoms with E-state index in [1.165, 1.54) is 17.4 Å². The molecule has 0 spiro atoms. The molecule has 5 nitrogen and oxygen atoms in total. The van der Waals surface area contributed by atoms with E-state index in [-0.39, 0.29) is 12.4 Å². The molecule has 0 fully saturated rings. The molecule has 152 valence electrons. The molecule has 2 N–H and O–H groups in total. The predicted molar refractivity (Wildman–Crippen MR) is 116 cm³/mol. The second kappa shape index (κ2) is 8.47. The van der Waals surface area contributed by atoms with Gasteiger partial charge < -0.3 is 15.2 Å². The third-order valence-corrected chi connectivity index (χ3v) is 5.97. The van der Waals surface area contributed by atoms with Gasteiger partial charge in [-0.3, -0.25) is 0 Å². The van der Waals surface area contributed by atoms with Crippen LogP contribution in [0.15, 0.2) is 54.6 Å². The van der Waals surface area contributed by atoms with Gasteiger partial charge in [-0.1, -0.05) is 29.3 Å². The molecule has 4 aromatic rings. The van der Waals surface area contributed by atoms with Crippen LogP contribution in [0.2, 0.25) is 10.0 Å². The number of thiazole rings is 1. The summed E-state index contributed by atoms with van der Waals surface area (Å²) in [7, 11) is 0. The van der Waals surface area contributed by atoms with Gasteiger partial charge in [-0.2, -0.15) is 0 Å². The van der Waals surface area contributed by atoms with Crippen molar-refractivity contribution < 1.29 is 18.7 Å². The number of amides is 1. The van der Waals surface area contributed by atoms with Gasteiger partial charge in [-0.15, -0.1) is 11.3 Å². The Kier molecular flexibility index (Phi) is 5.76. The third kappa shape index (κ3) is 4.33. The minimum absolute atomic E-state index is 0.0356. The molecule has 0 radical (unpaired) electrons. The van der Waals surface area contributed by atoms with Crippen LogP contribution >= 0.6 is 34.5 Å². The highest BCUT2D eigenvalue weighted by atomic mass is 35.5. The monoisotopic (exact) mass is 462 g/mol. The molecule has 0 atom stereocenters. The van der Waals surface area contributed by atoms with Gasteiger partial charge in [0.05, 0.1) is 10.2 Å². The van der Waals surface area contributed by atoms with E-state index in [4.69, 9.17) is 38.4 Å². The van der Waals surface area contributed by atoms with Crippen LogP contribution in [0.3, 0.4) is 0 Å². The largest absolute Gasteiger partial charge is 0.486 e. The zero-order chi connectivity index (χ0) is 21.3. The molecule has 0 aliphatic rings. The van der Waals surface area contributed by atoms with E-state index >= 15 is 0 Å². The quantitative estimate of drug-likeness (QED) is 0.369. The summed E-state index contributed by atoms with van der Waals surface area (Å²) in [6.45, 7) is 0.0356. The van der Waals surface area contributed by atoms with Gasteiger partial charge in [0.2, 0.25) is 0 Å². The molecule has 0 aliphatic heterocycles. The normalized spacial score (nSPS) is 10.9. The summed E-state index contributed by atoms with van der Waals surface area (Å²) in [5, 5.41) is 1.59. The maximum Gasteiger partial charge on any atom is 0.409 e. The lowest BCUT2D eigenvalue weighted by Crippen LogP contribution is -2.16. The number of ether oxygens (including phenoxy) is 2. The van der Waals surface area contributed by atoms with Crippen LogP contribution in [0.25, 0.3) is 20.8 Å². The average Bonchev–Trinajstić information content (AvgIpc) is 3.10. The van der Waals surface area contributed by atoms with Crippen molar-refractivity contribution in [1.29, 1.82) is 0 Å². The molecular weight excluding hydrogens is 450 g/mol. The third-order valence-electron chi connectivity index (χ3n) is 4.20. The molecule has 0 saturated carbocycles. The van der Waals surface area contributed by atoms with Gasteiger partial charge in [-0.25, -0.2) is 14.2 Å². The number of halogens is 3. The van der Waals surface area contributed by atoms with E-state index < -0.39 is 11.9 Å². The van der Waals surface area contributed by atoms with Crippen molar-refractivity contribution in [2.24, 2.45) is 5.73 Å². The molecule has 0 saturated heterocycles. The Balaban J connectivity index is 1.59. The highest BCUT2D eigenvalue weighted by Gasteiger charge is 2.14. The minimum Gasteiger partial charge on any atom is -0.486 e. The Labute approximate surface area is 184 Å². The van der Waals surface area contributed by atoms with Crippen molar-refractivity contribution >= 4 is 50.8 Å². The maximum atomic E-state index is 14.5. The van der Waals surface area contributed by atoms with E-state index in [9.17, 15) is 9.18 Å². The van der Waals surface area contributed by atoms with E-state index in [0.717, 1.165) is 10.3 Å². The van der Waals surface area contributed by atoms with Crippen molar-refractivity contribution in [3.05, 3.63) is 76.0 Å². The van der Waals surface area contributed by atoms with E-state index in [1.807, 2.05) is 0 Å². The molecule has 30 heavy (non-hydrogen) atoms. The zero-order valence-corrected chi connectivity index (χ0v) is 17.5. The number of primary amides is 1. The van der Waals surface area contributed by atoms with Crippen LogP contribution in [-0.4, -0.2) is 11.1 Å². The van der Waals surface area contributed by atoms with Gasteiger partial charge in [0.1, 0.15) is 17.4 Å². The summed E-state index contributed by atoms with van der Waals surface area (Å²) in [5.41, 5.74) is 6.88. The number of nitrogens with two attached hydrogens (primary N) is 1. The van der Waals surface area contributed by atoms with Crippen LogP contribution in [0, 0.1) is 5.82 Å². The average molecular weight is 463 g/mol. The molecule has 0 bridgehead atoms. The van der Waals surface area contributed by atoms with Crippen molar-refractivity contribution in [1.82, 2.24) is 4.98 Å². The molecule has 0 aliphatic carbocycles. The minimum atomic E-state index is -0.885. The number of benzene rings is 3. The molecule has 1 amide bonds. The summed E-state index contributed by atoms with van der Waals surface area (Å²) in [5.74, 6) is -0.126. The second-order valence-corrected chi connectivity index (χ2v) is 8.05. The SMILES string of the molecule is NC(=O)Oc1ccc(-c2nc3cc(F)c(OCc4c(Cl)cccc4Cl)cc3s2)cc1. The van der Waals surface area contributed by atoms with Crippen LogP contribution in [0.5, 0.6) is 11.5 Å². The molecule has 0 unspecified atom stereocenters. The molecule has 1 aromatic heterocycles. The topological polar surface area (TPSA) is 74.4 Å². The van der Waals surface area contributed by atoms with Gasteiger partial charge in [-0.05, 0) is 36.4 Å². The Morgan fingerprint density at radius 3 is 2.47 bits per heavy atom. The van der Waals surface area contributed by atoms with Crippen LogP contribution in [0.4, 0.5) is 9.18 Å². The summed E-state index contributed by atoms with van der Waals surface area (Å²) >= 11 is 13.7. The number of rotatable bonds is 5. The fraction of sp³-hybridized carbons (Fsp3) is 0.0476. The number of fused-ring (bicyclic) bond motifs is 1. The van der Waals surface area contributed by atoms with E-state index in [1.54, 1.807) is 48.5 Å². The Morgan fingerprint density at radius 1 is 1.10 bits per heavy atom. The molecule has 4 rings (SSSR count). The Bertz CT molecular complexity index is 1220. The first-order chi connectivity index (χ1) is 14.4. The maximum absolute atomic E-state index is 14.5. The fourth-order valence-electron chi connectivity index (χ4n) is 2.77. The van der Waals surface area contributed by atoms with Crippen molar-refractivity contribution in [3.8, 4) is 22.1 Å². The number of hydrogen-bond donors (Lipinski definition) is 1. The van der Waals surface area contributed by atoms with Gasteiger partial charge in [0, 0.05) is 33.3 Å². The summed E-state index contributed by atoms with van der Waals surface area (Å²) < 4.78 is 25.7. The first-order valence-corrected chi connectivity index (χ1v) is 10.2. The van der Waals surface area contributed by atoms with E-state index in [0.29, 0.717) is 31.9 Å². The molecule has 3 aromatic carbocycles. The van der Waals surface area contributed by atoms with Crippen molar-refractivity contribution in [2.75, 3.05) is 0 Å². The first kappa shape index (κ1) is 20.4. The van der Waals surface area contributed by atoms with E-state index in [2.05, 4.69) is 4.98 Å². The van der Waals surface area contributed by atoms with Crippen LogP contribution in [-0.2, 0) is 6.61 Å². The Morgan fingerprint density at radius 2 is 1.80 bits per heavy atom. The summed E-state index contributed by atoms with van der Waals surface area (Å²) in [6, 6.07) is 14.7. The first-order valence-electron chi connectivity index (χ1n) is 8.64. The number of carbonyl (C=O) groups is 1. The molecular formula is C21H13Cl2FN2O3S. The van der Waals surface area contributed by atoms with Crippen molar-refractivity contribution in [2.45, 2.75) is 6.61 Å². The van der Waals surface area contributed by atoms with Crippen LogP contribution < -0.4 is 15.2 Å². The highest BCUT2D eigenvalue weighted by molar-refractivity contribution is 7.21. The Hall–Kier alpha value is -2.87. The summed E-state index contributed by atoms with van der Waals surface area (Å²) in [4.78, 5) is 15.3. The van der Waals surface area contributed by atoms with Crippen molar-refractivity contribution in [3.63, 3.8) is 0 Å². The summed E-state index contributed by atoms with van der Waals surface area (Å²) in [6.07, 6.45) is -0.885. The van der Waals surface area contributed by atoms with Gasteiger partial charge in [0.25, 0.3) is 0 Å². The lowest BCUT2D eigenvalue weighted by Gasteiger charge is -2.10. The second-order valence-electron chi connectivity index (χ2n) is 6.20. The van der Waals surface area contributed by atoms with Gasteiger partial charge in [0.15, 0.2) is 11.6 Å². The predicted octanol–water partition coefficient (Wildman–Crippen LogP) is 6.45. The van der Waals surface area contributed by atoms with Crippen LogP contribution in [0.1, 0.15) is 5.56 Å².